The van der Waals surface area contributed by atoms with Crippen molar-refractivity contribution < 1.29 is 4.74 Å². The van der Waals surface area contributed by atoms with Gasteiger partial charge in [-0.3, -0.25) is 0 Å². The molecule has 1 fully saturated rings. The molecule has 1 aliphatic heterocycles. The Labute approximate surface area is 120 Å². The van der Waals surface area contributed by atoms with E-state index in [0.29, 0.717) is 12.1 Å². The number of para-hydroxylation sites is 1. The number of nitrogens with zero attached hydrogens (tertiary/aromatic N) is 1. The van der Waals surface area contributed by atoms with E-state index in [1.807, 2.05) is 0 Å². The molecule has 1 aliphatic rings. The Morgan fingerprint density at radius 3 is 3.00 bits per heavy atom. The van der Waals surface area contributed by atoms with Gasteiger partial charge in [-0.1, -0.05) is 32.0 Å². The molecule has 2 aromatic rings. The number of nitrogens with one attached hydrogen (secondary N) is 1. The summed E-state index contributed by atoms with van der Waals surface area (Å²) in [7, 11) is 0. The highest BCUT2D eigenvalue weighted by atomic mass is 16.5. The van der Waals surface area contributed by atoms with E-state index < -0.39 is 0 Å². The predicted molar refractivity (Wildman–Crippen MR) is 83.0 cm³/mol. The van der Waals surface area contributed by atoms with Crippen molar-refractivity contribution in [1.82, 2.24) is 9.88 Å². The minimum absolute atomic E-state index is 0.487. The van der Waals surface area contributed by atoms with Gasteiger partial charge in [0, 0.05) is 25.4 Å². The maximum atomic E-state index is 5.66. The van der Waals surface area contributed by atoms with E-state index >= 15 is 0 Å². The summed E-state index contributed by atoms with van der Waals surface area (Å²) in [4.78, 5) is 0. The molecule has 0 amide bonds. The third-order valence-electron chi connectivity index (χ3n) is 4.05. The molecule has 1 aromatic heterocycles. The summed E-state index contributed by atoms with van der Waals surface area (Å²) < 4.78 is 8.08. The van der Waals surface area contributed by atoms with Crippen LogP contribution in [0.1, 0.15) is 38.3 Å². The van der Waals surface area contributed by atoms with Crippen LogP contribution in [-0.2, 0) is 11.3 Å². The Bertz CT molecular complexity index is 567. The van der Waals surface area contributed by atoms with Gasteiger partial charge in [0.15, 0.2) is 0 Å². The predicted octanol–water partition coefficient (Wildman–Crippen LogP) is 3.49. The quantitative estimate of drug-likeness (QED) is 0.922. The zero-order valence-electron chi connectivity index (χ0n) is 12.4. The number of benzene rings is 1. The molecule has 1 unspecified atom stereocenters. The molecule has 1 N–H and O–H groups in total. The summed E-state index contributed by atoms with van der Waals surface area (Å²) in [5, 5.41) is 4.86. The first-order chi connectivity index (χ1) is 9.75. The van der Waals surface area contributed by atoms with Gasteiger partial charge in [-0.05, 0) is 29.9 Å². The first kappa shape index (κ1) is 13.7. The number of aromatic nitrogens is 1. The van der Waals surface area contributed by atoms with E-state index in [9.17, 15) is 0 Å². The van der Waals surface area contributed by atoms with Crippen LogP contribution >= 0.6 is 0 Å². The lowest BCUT2D eigenvalue weighted by Crippen LogP contribution is -2.23. The molecule has 3 nitrogen and oxygen atoms in total. The van der Waals surface area contributed by atoms with Crippen LogP contribution in [0.2, 0.25) is 0 Å². The van der Waals surface area contributed by atoms with Gasteiger partial charge in [0.1, 0.15) is 0 Å². The summed E-state index contributed by atoms with van der Waals surface area (Å²) in [6, 6.07) is 9.81. The normalized spacial score (nSPS) is 19.9. The summed E-state index contributed by atoms with van der Waals surface area (Å²) in [5.74, 6) is 0. The van der Waals surface area contributed by atoms with E-state index in [4.69, 9.17) is 4.74 Å². The van der Waals surface area contributed by atoms with Crippen molar-refractivity contribution in [3.05, 3.63) is 36.0 Å². The molecule has 20 heavy (non-hydrogen) atoms. The molecular weight excluding hydrogens is 248 g/mol. The zero-order chi connectivity index (χ0) is 13.9. The van der Waals surface area contributed by atoms with E-state index in [1.165, 1.54) is 22.9 Å². The molecule has 3 rings (SSSR count). The fraction of sp³-hybridized carbons (Fsp3) is 0.529. The molecule has 108 valence electrons. The van der Waals surface area contributed by atoms with Crippen molar-refractivity contribution in [2.45, 2.75) is 45.3 Å². The van der Waals surface area contributed by atoms with Gasteiger partial charge in [0.2, 0.25) is 0 Å². The Kier molecular flexibility index (Phi) is 4.08. The van der Waals surface area contributed by atoms with Gasteiger partial charge in [0.25, 0.3) is 0 Å². The SMILES string of the molecule is CC(C)NCc1cccc2ccn(C3CCCOC3)c12. The van der Waals surface area contributed by atoms with Gasteiger partial charge in [-0.15, -0.1) is 0 Å². The number of fused-ring (bicyclic) bond motifs is 1. The van der Waals surface area contributed by atoms with E-state index in [-0.39, 0.29) is 0 Å². The molecule has 2 heterocycles. The molecular formula is C17H24N2O. The summed E-state index contributed by atoms with van der Waals surface area (Å²) in [5.41, 5.74) is 2.75. The summed E-state index contributed by atoms with van der Waals surface area (Å²) >= 11 is 0. The van der Waals surface area contributed by atoms with Gasteiger partial charge in [0.05, 0.1) is 18.2 Å². The molecule has 0 spiro atoms. The van der Waals surface area contributed by atoms with Crippen LogP contribution in [0.3, 0.4) is 0 Å². The fourth-order valence-corrected chi connectivity index (χ4v) is 3.00. The fourth-order valence-electron chi connectivity index (χ4n) is 3.00. The number of hydrogen-bond acceptors (Lipinski definition) is 2. The smallest absolute Gasteiger partial charge is 0.0673 e. The average molecular weight is 272 g/mol. The van der Waals surface area contributed by atoms with Crippen LogP contribution in [0.5, 0.6) is 0 Å². The average Bonchev–Trinajstić information content (AvgIpc) is 2.90. The topological polar surface area (TPSA) is 26.2 Å². The van der Waals surface area contributed by atoms with Crippen LogP contribution in [0.4, 0.5) is 0 Å². The lowest BCUT2D eigenvalue weighted by atomic mass is 10.1. The van der Waals surface area contributed by atoms with Crippen LogP contribution in [-0.4, -0.2) is 23.8 Å². The van der Waals surface area contributed by atoms with Crippen LogP contribution < -0.4 is 5.32 Å². The van der Waals surface area contributed by atoms with Gasteiger partial charge in [-0.25, -0.2) is 0 Å². The van der Waals surface area contributed by atoms with Crippen LogP contribution in [0.15, 0.2) is 30.5 Å². The van der Waals surface area contributed by atoms with Crippen molar-refractivity contribution in [3.8, 4) is 0 Å². The van der Waals surface area contributed by atoms with Gasteiger partial charge >= 0.3 is 0 Å². The Hall–Kier alpha value is -1.32. The summed E-state index contributed by atoms with van der Waals surface area (Å²) in [6.45, 7) is 7.06. The summed E-state index contributed by atoms with van der Waals surface area (Å²) in [6.07, 6.45) is 4.61. The first-order valence-corrected chi connectivity index (χ1v) is 7.65. The standard InChI is InChI=1S/C17H24N2O/c1-13(2)18-11-15-6-3-5-14-8-9-19(17(14)15)16-7-4-10-20-12-16/h3,5-6,8-9,13,16,18H,4,7,10-12H2,1-2H3. The minimum atomic E-state index is 0.487. The molecule has 1 saturated heterocycles. The molecule has 1 aromatic carbocycles. The molecule has 0 saturated carbocycles. The maximum Gasteiger partial charge on any atom is 0.0673 e. The number of hydrogen-bond donors (Lipinski definition) is 1. The largest absolute Gasteiger partial charge is 0.379 e. The molecule has 0 aliphatic carbocycles. The van der Waals surface area contributed by atoms with Crippen molar-refractivity contribution in [2.24, 2.45) is 0 Å². The second-order valence-electron chi connectivity index (χ2n) is 5.98. The van der Waals surface area contributed by atoms with Gasteiger partial charge < -0.3 is 14.6 Å². The van der Waals surface area contributed by atoms with E-state index in [2.05, 4.69) is 54.2 Å². The van der Waals surface area contributed by atoms with Crippen LogP contribution in [0.25, 0.3) is 10.9 Å². The lowest BCUT2D eigenvalue weighted by molar-refractivity contribution is 0.0606. The lowest BCUT2D eigenvalue weighted by Gasteiger charge is -2.25. The highest BCUT2D eigenvalue weighted by Crippen LogP contribution is 2.28. The first-order valence-electron chi connectivity index (χ1n) is 7.65. The Morgan fingerprint density at radius 1 is 1.35 bits per heavy atom. The highest BCUT2D eigenvalue weighted by molar-refractivity contribution is 5.83. The van der Waals surface area contributed by atoms with Crippen LogP contribution in [0, 0.1) is 0 Å². The van der Waals surface area contributed by atoms with Crippen molar-refractivity contribution >= 4 is 10.9 Å². The second-order valence-corrected chi connectivity index (χ2v) is 5.98. The Balaban J connectivity index is 1.95. The van der Waals surface area contributed by atoms with E-state index in [1.54, 1.807) is 0 Å². The number of rotatable bonds is 4. The van der Waals surface area contributed by atoms with Crippen molar-refractivity contribution in [3.63, 3.8) is 0 Å². The molecule has 1 atom stereocenters. The maximum absolute atomic E-state index is 5.66. The minimum Gasteiger partial charge on any atom is -0.379 e. The third-order valence-corrected chi connectivity index (χ3v) is 4.05. The third kappa shape index (κ3) is 2.74. The highest BCUT2D eigenvalue weighted by Gasteiger charge is 2.18. The van der Waals surface area contributed by atoms with E-state index in [0.717, 1.165) is 26.2 Å². The van der Waals surface area contributed by atoms with Gasteiger partial charge in [-0.2, -0.15) is 0 Å². The number of ether oxygens (including phenoxy) is 1. The Morgan fingerprint density at radius 2 is 2.25 bits per heavy atom. The van der Waals surface area contributed by atoms with Crippen molar-refractivity contribution in [1.29, 1.82) is 0 Å². The van der Waals surface area contributed by atoms with Crippen molar-refractivity contribution in [2.75, 3.05) is 13.2 Å². The second kappa shape index (κ2) is 5.98. The zero-order valence-corrected chi connectivity index (χ0v) is 12.4. The molecule has 0 bridgehead atoms. The monoisotopic (exact) mass is 272 g/mol. The molecule has 0 radical (unpaired) electrons. The molecule has 3 heteroatoms.